The molecule has 0 aromatic heterocycles. The predicted octanol–water partition coefficient (Wildman–Crippen LogP) is 10.5. The van der Waals surface area contributed by atoms with Gasteiger partial charge in [0, 0.05) is 0 Å². The summed E-state index contributed by atoms with van der Waals surface area (Å²) in [6, 6.07) is 21.9. The summed E-state index contributed by atoms with van der Waals surface area (Å²) in [4.78, 5) is 0. The Kier molecular flexibility index (Phi) is 13.6. The molecule has 0 heteroatoms. The maximum Gasteiger partial charge on any atom is -0.0156 e. The first-order valence-electron chi connectivity index (χ1n) is 13.5. The zero-order valence-electron chi connectivity index (χ0n) is 21.6. The van der Waals surface area contributed by atoms with Crippen molar-refractivity contribution in [3.8, 4) is 0 Å². The van der Waals surface area contributed by atoms with Crippen molar-refractivity contribution in [2.45, 2.75) is 96.8 Å². The Hall–Kier alpha value is -2.08. The fraction of sp³-hybridized carbons (Fsp3) is 0.515. The largest absolute Gasteiger partial charge is 0.103 e. The van der Waals surface area contributed by atoms with Crippen molar-refractivity contribution in [3.05, 3.63) is 96.6 Å². The Morgan fingerprint density at radius 1 is 0.727 bits per heavy atom. The fourth-order valence-electron chi connectivity index (χ4n) is 4.97. The smallest absolute Gasteiger partial charge is 0.0156 e. The van der Waals surface area contributed by atoms with Gasteiger partial charge in [-0.3, -0.25) is 0 Å². The maximum absolute atomic E-state index is 4.16. The lowest BCUT2D eigenvalue weighted by Gasteiger charge is -2.23. The number of rotatable bonds is 17. The summed E-state index contributed by atoms with van der Waals surface area (Å²) < 4.78 is 0. The normalized spacial score (nSPS) is 15.2. The van der Waals surface area contributed by atoms with Crippen molar-refractivity contribution in [3.63, 3.8) is 0 Å². The summed E-state index contributed by atoms with van der Waals surface area (Å²) in [5.41, 5.74) is 2.92. The Morgan fingerprint density at radius 2 is 1.33 bits per heavy atom. The van der Waals surface area contributed by atoms with E-state index in [0.717, 1.165) is 12.3 Å². The summed E-state index contributed by atoms with van der Waals surface area (Å²) in [6.45, 7) is 11.2. The first-order chi connectivity index (χ1) is 16.1. The van der Waals surface area contributed by atoms with Gasteiger partial charge in [0.2, 0.25) is 0 Å². The van der Waals surface area contributed by atoms with Crippen molar-refractivity contribution in [1.29, 1.82) is 0 Å². The molecule has 0 radical (unpaired) electrons. The van der Waals surface area contributed by atoms with Crippen molar-refractivity contribution >= 4 is 0 Å². The average Bonchev–Trinajstić information content (AvgIpc) is 2.87. The molecule has 0 nitrogen and oxygen atoms in total. The third-order valence-corrected chi connectivity index (χ3v) is 7.32. The Bertz CT molecular complexity index is 757. The fourth-order valence-corrected chi connectivity index (χ4v) is 4.97. The minimum absolute atomic E-state index is 0.612. The van der Waals surface area contributed by atoms with E-state index < -0.39 is 0 Å². The maximum atomic E-state index is 4.16. The molecule has 180 valence electrons. The lowest BCUT2D eigenvalue weighted by molar-refractivity contribution is 0.345. The van der Waals surface area contributed by atoms with Gasteiger partial charge in [-0.15, -0.1) is 6.58 Å². The van der Waals surface area contributed by atoms with E-state index in [-0.39, 0.29) is 0 Å². The second kappa shape index (κ2) is 16.5. The molecule has 0 heterocycles. The van der Waals surface area contributed by atoms with Crippen LogP contribution in [0.5, 0.6) is 0 Å². The molecule has 0 aliphatic heterocycles. The van der Waals surface area contributed by atoms with Gasteiger partial charge in [0.1, 0.15) is 0 Å². The molecule has 33 heavy (non-hydrogen) atoms. The number of allylic oxidation sites excluding steroid dienone is 3. The third kappa shape index (κ3) is 11.1. The lowest BCUT2D eigenvalue weighted by atomic mass is 9.82. The average molecular weight is 445 g/mol. The zero-order valence-corrected chi connectivity index (χ0v) is 21.6. The van der Waals surface area contributed by atoms with Crippen LogP contribution in [0.25, 0.3) is 0 Å². The molecule has 0 bridgehead atoms. The van der Waals surface area contributed by atoms with Crippen LogP contribution in [0.3, 0.4) is 0 Å². The molecule has 2 aromatic carbocycles. The van der Waals surface area contributed by atoms with Gasteiger partial charge in [0.15, 0.2) is 0 Å². The van der Waals surface area contributed by atoms with Crippen molar-refractivity contribution in [2.24, 2.45) is 11.8 Å². The van der Waals surface area contributed by atoms with Crippen LogP contribution in [0, 0.1) is 11.8 Å². The minimum Gasteiger partial charge on any atom is -0.103 e. The molecular weight excluding hydrogens is 396 g/mol. The molecule has 4 atom stereocenters. The molecule has 4 unspecified atom stereocenters. The number of hydrogen-bond acceptors (Lipinski definition) is 0. The SMILES string of the molecule is C=CC(CCCCCCC=CCC(C)c1ccccc1)CC(CC)CC(C)c1ccccc1. The lowest BCUT2D eigenvalue weighted by Crippen LogP contribution is -2.10. The molecule has 0 saturated carbocycles. The van der Waals surface area contributed by atoms with Crippen molar-refractivity contribution in [1.82, 2.24) is 0 Å². The van der Waals surface area contributed by atoms with E-state index in [2.05, 4.69) is 106 Å². The molecule has 0 aliphatic rings. The Balaban J connectivity index is 1.57. The van der Waals surface area contributed by atoms with Gasteiger partial charge in [0.05, 0.1) is 0 Å². The van der Waals surface area contributed by atoms with Crippen LogP contribution in [0.2, 0.25) is 0 Å². The van der Waals surface area contributed by atoms with E-state index in [4.69, 9.17) is 0 Å². The van der Waals surface area contributed by atoms with Gasteiger partial charge in [-0.2, -0.15) is 0 Å². The highest BCUT2D eigenvalue weighted by atomic mass is 14.2. The molecular formula is C33H48. The van der Waals surface area contributed by atoms with E-state index in [0.29, 0.717) is 17.8 Å². The standard InChI is InChI=1S/C33H48/c1-5-30(27-31(6-2)26-29(4)33-24-18-13-19-25-33)21-15-11-9-7-8-10-14-20-28(3)32-22-16-12-17-23-32/h5,10,12-14,16-19,22-25,28-31H,1,6-9,11,15,20-21,26-27H2,2-4H3. The van der Waals surface area contributed by atoms with E-state index in [1.165, 1.54) is 68.9 Å². The number of hydrogen-bond donors (Lipinski definition) is 0. The van der Waals surface area contributed by atoms with E-state index in [1.807, 2.05) is 0 Å². The summed E-state index contributed by atoms with van der Waals surface area (Å²) >= 11 is 0. The van der Waals surface area contributed by atoms with Gasteiger partial charge in [-0.25, -0.2) is 0 Å². The highest BCUT2D eigenvalue weighted by Gasteiger charge is 2.17. The van der Waals surface area contributed by atoms with Gasteiger partial charge in [0.25, 0.3) is 0 Å². The van der Waals surface area contributed by atoms with Crippen LogP contribution in [0.15, 0.2) is 85.5 Å². The molecule has 0 fully saturated rings. The molecule has 2 rings (SSSR count). The first kappa shape index (κ1) is 27.2. The Morgan fingerprint density at radius 3 is 1.94 bits per heavy atom. The van der Waals surface area contributed by atoms with Crippen molar-refractivity contribution in [2.75, 3.05) is 0 Å². The first-order valence-corrected chi connectivity index (χ1v) is 13.5. The Labute approximate surface area is 205 Å². The molecule has 0 amide bonds. The number of unbranched alkanes of at least 4 members (excludes halogenated alkanes) is 4. The van der Waals surface area contributed by atoms with Gasteiger partial charge in [-0.05, 0) is 73.3 Å². The summed E-state index contributed by atoms with van der Waals surface area (Å²) in [5.74, 6) is 2.73. The van der Waals surface area contributed by atoms with Gasteiger partial charge in [-0.1, -0.05) is 125 Å². The third-order valence-electron chi connectivity index (χ3n) is 7.32. The quantitative estimate of drug-likeness (QED) is 0.168. The predicted molar refractivity (Wildman–Crippen MR) is 148 cm³/mol. The molecule has 0 spiro atoms. The highest BCUT2D eigenvalue weighted by molar-refractivity contribution is 5.20. The van der Waals surface area contributed by atoms with E-state index >= 15 is 0 Å². The second-order valence-corrected chi connectivity index (χ2v) is 10.1. The molecule has 2 aromatic rings. The summed E-state index contributed by atoms with van der Waals surface area (Å²) in [5, 5.41) is 0. The van der Waals surface area contributed by atoms with Crippen LogP contribution in [0.4, 0.5) is 0 Å². The van der Waals surface area contributed by atoms with Crippen LogP contribution in [-0.4, -0.2) is 0 Å². The summed E-state index contributed by atoms with van der Waals surface area (Å²) in [7, 11) is 0. The van der Waals surface area contributed by atoms with E-state index in [1.54, 1.807) is 0 Å². The summed E-state index contributed by atoms with van der Waals surface area (Å²) in [6.07, 6.45) is 19.9. The number of benzene rings is 2. The van der Waals surface area contributed by atoms with Crippen LogP contribution in [-0.2, 0) is 0 Å². The minimum atomic E-state index is 0.612. The topological polar surface area (TPSA) is 0 Å². The molecule has 0 N–H and O–H groups in total. The molecule has 0 aliphatic carbocycles. The molecule has 0 saturated heterocycles. The van der Waals surface area contributed by atoms with Gasteiger partial charge < -0.3 is 0 Å². The zero-order chi connectivity index (χ0) is 23.7. The monoisotopic (exact) mass is 444 g/mol. The second-order valence-electron chi connectivity index (χ2n) is 10.1. The van der Waals surface area contributed by atoms with E-state index in [9.17, 15) is 0 Å². The van der Waals surface area contributed by atoms with Gasteiger partial charge >= 0.3 is 0 Å². The van der Waals surface area contributed by atoms with Crippen LogP contribution < -0.4 is 0 Å². The van der Waals surface area contributed by atoms with Crippen LogP contribution in [0.1, 0.15) is 108 Å². The van der Waals surface area contributed by atoms with Crippen molar-refractivity contribution < 1.29 is 0 Å². The highest BCUT2D eigenvalue weighted by Crippen LogP contribution is 2.31. The van der Waals surface area contributed by atoms with Crippen LogP contribution >= 0.6 is 0 Å².